The van der Waals surface area contributed by atoms with Crippen LogP contribution in [-0.2, 0) is 14.8 Å². The van der Waals surface area contributed by atoms with Gasteiger partial charge in [0.1, 0.15) is 0 Å². The minimum Gasteiger partial charge on any atom is -0.342 e. The summed E-state index contributed by atoms with van der Waals surface area (Å²) in [5.41, 5.74) is 0.789. The summed E-state index contributed by atoms with van der Waals surface area (Å²) in [6.45, 7) is 3.12. The Morgan fingerprint density at radius 2 is 1.96 bits per heavy atom. The lowest BCUT2D eigenvalue weighted by Crippen LogP contribution is -2.40. The van der Waals surface area contributed by atoms with Crippen LogP contribution in [0.1, 0.15) is 30.7 Å². The number of thiazole rings is 1. The van der Waals surface area contributed by atoms with Gasteiger partial charge < -0.3 is 4.90 Å². The van der Waals surface area contributed by atoms with E-state index in [2.05, 4.69) is 9.71 Å². The van der Waals surface area contributed by atoms with Crippen molar-refractivity contribution in [2.45, 2.75) is 37.5 Å². The van der Waals surface area contributed by atoms with E-state index in [1.54, 1.807) is 17.0 Å². The van der Waals surface area contributed by atoms with Crippen LogP contribution in [0.25, 0.3) is 10.2 Å². The van der Waals surface area contributed by atoms with E-state index in [4.69, 9.17) is 0 Å². The van der Waals surface area contributed by atoms with Gasteiger partial charge in [0.2, 0.25) is 15.9 Å². The summed E-state index contributed by atoms with van der Waals surface area (Å²) < 4.78 is 28.1. The van der Waals surface area contributed by atoms with Crippen LogP contribution in [0.2, 0.25) is 0 Å². The summed E-state index contributed by atoms with van der Waals surface area (Å²) in [7, 11) is -3.70. The van der Waals surface area contributed by atoms with E-state index >= 15 is 0 Å². The molecular weight excluding hydrogens is 346 g/mol. The fraction of sp³-hybridized carbons (Fsp3) is 0.500. The molecule has 24 heavy (non-hydrogen) atoms. The lowest BCUT2D eigenvalue weighted by molar-refractivity contribution is -0.129. The first-order valence-corrected chi connectivity index (χ1v) is 10.4. The zero-order chi connectivity index (χ0) is 17.2. The molecule has 0 atom stereocenters. The molecule has 1 amide bonds. The highest BCUT2D eigenvalue weighted by Crippen LogP contribution is 2.24. The van der Waals surface area contributed by atoms with Crippen molar-refractivity contribution in [2.75, 3.05) is 19.6 Å². The van der Waals surface area contributed by atoms with Gasteiger partial charge in [0.05, 0.1) is 26.7 Å². The zero-order valence-electron chi connectivity index (χ0n) is 13.6. The summed E-state index contributed by atoms with van der Waals surface area (Å²) in [6.07, 6.45) is 4.23. The smallest absolute Gasteiger partial charge is 0.241 e. The lowest BCUT2D eigenvalue weighted by atomic mass is 10.2. The molecule has 3 rings (SSSR count). The van der Waals surface area contributed by atoms with Gasteiger partial charge in [-0.1, -0.05) is 12.8 Å². The van der Waals surface area contributed by atoms with Crippen molar-refractivity contribution in [2.24, 2.45) is 0 Å². The maximum absolute atomic E-state index is 12.4. The van der Waals surface area contributed by atoms with E-state index in [1.807, 2.05) is 6.92 Å². The van der Waals surface area contributed by atoms with Crippen LogP contribution in [0.4, 0.5) is 0 Å². The van der Waals surface area contributed by atoms with E-state index in [0.29, 0.717) is 13.1 Å². The predicted molar refractivity (Wildman–Crippen MR) is 94.6 cm³/mol. The zero-order valence-corrected chi connectivity index (χ0v) is 15.3. The van der Waals surface area contributed by atoms with Gasteiger partial charge in [-0.05, 0) is 38.0 Å². The second-order valence-electron chi connectivity index (χ2n) is 5.98. The summed E-state index contributed by atoms with van der Waals surface area (Å²) >= 11 is 1.45. The SMILES string of the molecule is Cc1nc2ccc(S(=O)(=O)NCC(=O)N3CCCCCC3)cc2s1. The molecule has 1 N–H and O–H groups in total. The maximum atomic E-state index is 12.4. The number of benzene rings is 1. The number of hydrogen-bond acceptors (Lipinski definition) is 5. The number of hydrogen-bond donors (Lipinski definition) is 1. The Morgan fingerprint density at radius 3 is 2.67 bits per heavy atom. The van der Waals surface area contributed by atoms with Crippen LogP contribution in [-0.4, -0.2) is 43.8 Å². The number of likely N-dealkylation sites (tertiary alicyclic amines) is 1. The van der Waals surface area contributed by atoms with E-state index in [9.17, 15) is 13.2 Å². The van der Waals surface area contributed by atoms with Crippen LogP contribution in [0, 0.1) is 6.92 Å². The van der Waals surface area contributed by atoms with Gasteiger partial charge in [-0.2, -0.15) is 0 Å². The number of aromatic nitrogens is 1. The van der Waals surface area contributed by atoms with Gasteiger partial charge in [-0.15, -0.1) is 11.3 Å². The molecule has 6 nitrogen and oxygen atoms in total. The molecule has 1 aliphatic heterocycles. The van der Waals surface area contributed by atoms with Crippen LogP contribution in [0.3, 0.4) is 0 Å². The number of carbonyl (C=O) groups excluding carboxylic acids is 1. The molecular formula is C16H21N3O3S2. The molecule has 0 aliphatic carbocycles. The Labute approximate surface area is 145 Å². The lowest BCUT2D eigenvalue weighted by Gasteiger charge is -2.20. The highest BCUT2D eigenvalue weighted by atomic mass is 32.2. The highest BCUT2D eigenvalue weighted by molar-refractivity contribution is 7.89. The van der Waals surface area contributed by atoms with Crippen molar-refractivity contribution in [1.82, 2.24) is 14.6 Å². The monoisotopic (exact) mass is 367 g/mol. The molecule has 1 aromatic heterocycles. The normalized spacial score (nSPS) is 16.3. The average molecular weight is 367 g/mol. The van der Waals surface area contributed by atoms with Gasteiger partial charge in [0.25, 0.3) is 0 Å². The van der Waals surface area contributed by atoms with Crippen molar-refractivity contribution in [1.29, 1.82) is 0 Å². The van der Waals surface area contributed by atoms with Gasteiger partial charge in [-0.25, -0.2) is 18.1 Å². The molecule has 130 valence electrons. The summed E-state index contributed by atoms with van der Waals surface area (Å²) in [6, 6.07) is 4.84. The Bertz CT molecular complexity index is 837. The first-order chi connectivity index (χ1) is 11.5. The van der Waals surface area contributed by atoms with Gasteiger partial charge in [0, 0.05) is 13.1 Å². The average Bonchev–Trinajstić information content (AvgIpc) is 2.74. The summed E-state index contributed by atoms with van der Waals surface area (Å²) in [5.74, 6) is -0.157. The van der Waals surface area contributed by atoms with E-state index in [-0.39, 0.29) is 17.3 Å². The minimum absolute atomic E-state index is 0.157. The first kappa shape index (κ1) is 17.3. The maximum Gasteiger partial charge on any atom is 0.241 e. The molecule has 8 heteroatoms. The fourth-order valence-electron chi connectivity index (χ4n) is 2.86. The molecule has 0 spiro atoms. The minimum atomic E-state index is -3.70. The van der Waals surface area contributed by atoms with E-state index in [1.165, 1.54) is 17.4 Å². The van der Waals surface area contributed by atoms with Crippen molar-refractivity contribution in [3.05, 3.63) is 23.2 Å². The number of fused-ring (bicyclic) bond motifs is 1. The van der Waals surface area contributed by atoms with Crippen LogP contribution < -0.4 is 4.72 Å². The summed E-state index contributed by atoms with van der Waals surface area (Å²) in [4.78, 5) is 18.5. The molecule has 2 aromatic rings. The molecule has 0 radical (unpaired) electrons. The van der Waals surface area contributed by atoms with Crippen LogP contribution >= 0.6 is 11.3 Å². The topological polar surface area (TPSA) is 79.4 Å². The first-order valence-electron chi connectivity index (χ1n) is 8.10. The van der Waals surface area contributed by atoms with Gasteiger partial charge >= 0.3 is 0 Å². The number of carbonyl (C=O) groups is 1. The quantitative estimate of drug-likeness (QED) is 0.899. The Kier molecular flexibility index (Phi) is 5.17. The third-order valence-electron chi connectivity index (χ3n) is 4.15. The number of aryl methyl sites for hydroxylation is 1. The fourth-order valence-corrected chi connectivity index (χ4v) is 4.80. The van der Waals surface area contributed by atoms with Gasteiger partial charge in [-0.3, -0.25) is 4.79 Å². The molecule has 1 fully saturated rings. The number of sulfonamides is 1. The highest BCUT2D eigenvalue weighted by Gasteiger charge is 2.20. The van der Waals surface area contributed by atoms with Crippen molar-refractivity contribution < 1.29 is 13.2 Å². The van der Waals surface area contributed by atoms with Crippen molar-refractivity contribution in [3.63, 3.8) is 0 Å². The molecule has 1 aromatic carbocycles. The third-order valence-corrected chi connectivity index (χ3v) is 6.48. The van der Waals surface area contributed by atoms with E-state index in [0.717, 1.165) is 40.9 Å². The molecule has 2 heterocycles. The molecule has 0 saturated carbocycles. The van der Waals surface area contributed by atoms with Crippen molar-refractivity contribution in [3.8, 4) is 0 Å². The van der Waals surface area contributed by atoms with Crippen LogP contribution in [0.15, 0.2) is 23.1 Å². The molecule has 0 unspecified atom stereocenters. The number of nitrogens with one attached hydrogen (secondary N) is 1. The Hall–Kier alpha value is -1.51. The summed E-state index contributed by atoms with van der Waals surface area (Å²) in [5, 5.41) is 0.892. The third kappa shape index (κ3) is 3.93. The largest absolute Gasteiger partial charge is 0.342 e. The Balaban J connectivity index is 1.69. The predicted octanol–water partition coefficient (Wildman–Crippen LogP) is 2.29. The second-order valence-corrected chi connectivity index (χ2v) is 8.98. The molecule has 1 aliphatic rings. The van der Waals surface area contributed by atoms with Crippen LogP contribution in [0.5, 0.6) is 0 Å². The molecule has 1 saturated heterocycles. The molecule has 0 bridgehead atoms. The van der Waals surface area contributed by atoms with E-state index < -0.39 is 10.0 Å². The second kappa shape index (κ2) is 7.16. The van der Waals surface area contributed by atoms with Gasteiger partial charge in [0.15, 0.2) is 0 Å². The number of nitrogens with zero attached hydrogens (tertiary/aromatic N) is 2. The number of rotatable bonds is 4. The Morgan fingerprint density at radius 1 is 1.25 bits per heavy atom. The van der Waals surface area contributed by atoms with Crippen molar-refractivity contribution >= 4 is 37.5 Å². The number of amides is 1. The standard InChI is InChI=1S/C16H21N3O3S2/c1-12-18-14-7-6-13(10-15(14)23-12)24(21,22)17-11-16(20)19-8-4-2-3-5-9-19/h6-7,10,17H,2-5,8-9,11H2,1H3.